The Kier molecular flexibility index (Phi) is 3.74. The molecule has 0 aliphatic carbocycles. The number of halogens is 1. The zero-order chi connectivity index (χ0) is 14.7. The molecule has 0 spiro atoms. The normalized spacial score (nSPS) is 11.9. The van der Waals surface area contributed by atoms with Crippen LogP contribution in [0.2, 0.25) is 0 Å². The van der Waals surface area contributed by atoms with Crippen molar-refractivity contribution in [1.29, 1.82) is 0 Å². The summed E-state index contributed by atoms with van der Waals surface area (Å²) in [7, 11) is 0. The van der Waals surface area contributed by atoms with Crippen molar-refractivity contribution in [2.24, 2.45) is 0 Å². The van der Waals surface area contributed by atoms with Crippen LogP contribution in [0.3, 0.4) is 0 Å². The lowest BCUT2D eigenvalue weighted by atomic mass is 10.3. The van der Waals surface area contributed by atoms with E-state index < -0.39 is 29.3 Å². The van der Waals surface area contributed by atoms with Crippen LogP contribution in [0, 0.1) is 5.82 Å². The van der Waals surface area contributed by atoms with Crippen molar-refractivity contribution in [2.45, 2.75) is 13.2 Å². The lowest BCUT2D eigenvalue weighted by molar-refractivity contribution is 0.0138. The molecule has 20 heavy (non-hydrogen) atoms. The van der Waals surface area contributed by atoms with Gasteiger partial charge in [-0.1, -0.05) is 0 Å². The number of nitrogens with one attached hydrogen (secondary N) is 1. The minimum Gasteiger partial charge on any atom is -0.438 e. The zero-order valence-corrected chi connectivity index (χ0v) is 10.4. The summed E-state index contributed by atoms with van der Waals surface area (Å²) in [5.41, 5.74) is -1.81. The van der Waals surface area contributed by atoms with E-state index in [1.165, 1.54) is 25.4 Å². The second kappa shape index (κ2) is 5.47. The SMILES string of the molecule is CC(OC(=O)c1cccnc1)n1cc(F)c(=O)[nH]c1=O. The van der Waals surface area contributed by atoms with Crippen LogP contribution in [0.15, 0.2) is 40.3 Å². The molecule has 8 heteroatoms. The van der Waals surface area contributed by atoms with Gasteiger partial charge in [0, 0.05) is 12.4 Å². The van der Waals surface area contributed by atoms with Gasteiger partial charge in [0.2, 0.25) is 5.82 Å². The molecule has 0 fully saturated rings. The number of hydrogen-bond donors (Lipinski definition) is 1. The second-order valence-corrected chi connectivity index (χ2v) is 3.89. The second-order valence-electron chi connectivity index (χ2n) is 3.89. The van der Waals surface area contributed by atoms with Crippen molar-refractivity contribution < 1.29 is 13.9 Å². The average Bonchev–Trinajstić information content (AvgIpc) is 2.43. The maximum absolute atomic E-state index is 13.1. The van der Waals surface area contributed by atoms with E-state index in [2.05, 4.69) is 4.98 Å². The Labute approximate surface area is 111 Å². The minimum atomic E-state index is -1.14. The predicted molar refractivity (Wildman–Crippen MR) is 65.6 cm³/mol. The third kappa shape index (κ3) is 2.79. The third-order valence-corrected chi connectivity index (χ3v) is 2.49. The third-order valence-electron chi connectivity index (χ3n) is 2.49. The first-order chi connectivity index (χ1) is 9.49. The molecule has 1 atom stereocenters. The summed E-state index contributed by atoms with van der Waals surface area (Å²) in [5, 5.41) is 0. The van der Waals surface area contributed by atoms with Gasteiger partial charge in [0.1, 0.15) is 0 Å². The molecule has 0 amide bonds. The fourth-order valence-corrected chi connectivity index (χ4v) is 1.49. The highest BCUT2D eigenvalue weighted by Crippen LogP contribution is 2.08. The highest BCUT2D eigenvalue weighted by Gasteiger charge is 2.16. The van der Waals surface area contributed by atoms with Gasteiger partial charge in [-0.15, -0.1) is 0 Å². The van der Waals surface area contributed by atoms with Gasteiger partial charge >= 0.3 is 11.7 Å². The van der Waals surface area contributed by atoms with E-state index in [1.54, 1.807) is 11.1 Å². The van der Waals surface area contributed by atoms with Crippen molar-refractivity contribution in [1.82, 2.24) is 14.5 Å². The van der Waals surface area contributed by atoms with E-state index in [0.717, 1.165) is 4.57 Å². The van der Waals surface area contributed by atoms with Crippen molar-refractivity contribution in [3.8, 4) is 0 Å². The summed E-state index contributed by atoms with van der Waals surface area (Å²) in [5.74, 6) is -1.86. The molecule has 2 heterocycles. The van der Waals surface area contributed by atoms with Crippen LogP contribution in [0.5, 0.6) is 0 Å². The zero-order valence-electron chi connectivity index (χ0n) is 10.4. The van der Waals surface area contributed by atoms with Crippen molar-refractivity contribution in [3.05, 3.63) is 62.9 Å². The fraction of sp³-hybridized carbons (Fsp3) is 0.167. The Morgan fingerprint density at radius 2 is 2.25 bits per heavy atom. The highest BCUT2D eigenvalue weighted by atomic mass is 19.1. The van der Waals surface area contributed by atoms with Gasteiger partial charge < -0.3 is 4.74 Å². The van der Waals surface area contributed by atoms with Crippen molar-refractivity contribution >= 4 is 5.97 Å². The Balaban J connectivity index is 2.23. The van der Waals surface area contributed by atoms with Gasteiger partial charge in [-0.05, 0) is 19.1 Å². The molecule has 7 nitrogen and oxygen atoms in total. The largest absolute Gasteiger partial charge is 0.438 e. The smallest absolute Gasteiger partial charge is 0.341 e. The van der Waals surface area contributed by atoms with Crippen LogP contribution in [0.25, 0.3) is 0 Å². The van der Waals surface area contributed by atoms with Crippen molar-refractivity contribution in [2.75, 3.05) is 0 Å². The number of ether oxygens (including phenoxy) is 1. The molecule has 104 valence electrons. The van der Waals surface area contributed by atoms with Crippen LogP contribution >= 0.6 is 0 Å². The lowest BCUT2D eigenvalue weighted by Gasteiger charge is -2.15. The fourth-order valence-electron chi connectivity index (χ4n) is 1.49. The molecular formula is C12H10FN3O4. The summed E-state index contributed by atoms with van der Waals surface area (Å²) in [6.45, 7) is 1.37. The Hall–Kier alpha value is -2.77. The van der Waals surface area contributed by atoms with E-state index in [1.807, 2.05) is 0 Å². The number of aromatic nitrogens is 3. The summed E-state index contributed by atoms with van der Waals surface area (Å²) >= 11 is 0. The molecule has 2 aromatic rings. The highest BCUT2D eigenvalue weighted by molar-refractivity contribution is 5.88. The first kappa shape index (κ1) is 13.7. The molecule has 0 aliphatic heterocycles. The summed E-state index contributed by atoms with van der Waals surface area (Å²) in [4.78, 5) is 39.7. The molecule has 0 aromatic carbocycles. The summed E-state index contributed by atoms with van der Waals surface area (Å²) < 4.78 is 18.9. The molecule has 1 unspecified atom stereocenters. The number of esters is 1. The number of rotatable bonds is 3. The Morgan fingerprint density at radius 3 is 2.90 bits per heavy atom. The Bertz CT molecular complexity index is 738. The number of nitrogens with zero attached hydrogens (tertiary/aromatic N) is 2. The monoisotopic (exact) mass is 279 g/mol. The van der Waals surface area contributed by atoms with Gasteiger partial charge in [-0.25, -0.2) is 9.59 Å². The van der Waals surface area contributed by atoms with Gasteiger partial charge in [-0.3, -0.25) is 19.3 Å². The molecule has 0 aliphatic rings. The van der Waals surface area contributed by atoms with E-state index in [4.69, 9.17) is 4.74 Å². The number of carbonyl (C=O) groups excluding carboxylic acids is 1. The first-order valence-corrected chi connectivity index (χ1v) is 5.61. The molecule has 0 radical (unpaired) electrons. The molecule has 1 N–H and O–H groups in total. The van der Waals surface area contributed by atoms with Gasteiger partial charge in [0.25, 0.3) is 5.56 Å². The minimum absolute atomic E-state index is 0.192. The number of hydrogen-bond acceptors (Lipinski definition) is 5. The molecular weight excluding hydrogens is 269 g/mol. The standard InChI is InChI=1S/C12H10FN3O4/c1-7(16-6-9(13)10(17)15-12(16)19)20-11(18)8-3-2-4-14-5-8/h2-7H,1H3,(H,15,17,19). The lowest BCUT2D eigenvalue weighted by Crippen LogP contribution is -2.34. The van der Waals surface area contributed by atoms with Crippen LogP contribution in [0.1, 0.15) is 23.5 Å². The number of H-pyrrole nitrogens is 1. The topological polar surface area (TPSA) is 94.0 Å². The van der Waals surface area contributed by atoms with E-state index in [9.17, 15) is 18.8 Å². The van der Waals surface area contributed by atoms with Crippen LogP contribution < -0.4 is 11.2 Å². The van der Waals surface area contributed by atoms with Gasteiger partial charge in [0.15, 0.2) is 6.23 Å². The predicted octanol–water partition coefficient (Wildman–Crippen LogP) is 0.446. The summed E-state index contributed by atoms with van der Waals surface area (Å²) in [6.07, 6.45) is 2.39. The molecule has 0 saturated carbocycles. The molecule has 2 rings (SSSR count). The molecule has 0 saturated heterocycles. The quantitative estimate of drug-likeness (QED) is 0.823. The maximum atomic E-state index is 13.1. The van der Waals surface area contributed by atoms with Crippen LogP contribution in [-0.2, 0) is 4.74 Å². The van der Waals surface area contributed by atoms with Crippen LogP contribution in [0.4, 0.5) is 4.39 Å². The van der Waals surface area contributed by atoms with E-state index in [-0.39, 0.29) is 5.56 Å². The molecule has 0 bridgehead atoms. The van der Waals surface area contributed by atoms with Crippen molar-refractivity contribution in [3.63, 3.8) is 0 Å². The number of pyridine rings is 1. The average molecular weight is 279 g/mol. The van der Waals surface area contributed by atoms with Gasteiger partial charge in [-0.2, -0.15) is 4.39 Å². The summed E-state index contributed by atoms with van der Waals surface area (Å²) in [6, 6.07) is 3.03. The van der Waals surface area contributed by atoms with Gasteiger partial charge in [0.05, 0.1) is 11.8 Å². The van der Waals surface area contributed by atoms with E-state index >= 15 is 0 Å². The van der Waals surface area contributed by atoms with Crippen LogP contribution in [-0.4, -0.2) is 20.5 Å². The van der Waals surface area contributed by atoms with E-state index in [0.29, 0.717) is 6.20 Å². The number of carbonyl (C=O) groups is 1. The first-order valence-electron chi connectivity index (χ1n) is 5.61. The Morgan fingerprint density at radius 1 is 1.50 bits per heavy atom. The molecule has 2 aromatic heterocycles. The number of aromatic amines is 1. The maximum Gasteiger partial charge on any atom is 0.341 e.